The maximum Gasteiger partial charge on any atom is 0.169 e. The maximum atomic E-state index is 14.8. The van der Waals surface area contributed by atoms with E-state index >= 15 is 0 Å². The SMILES string of the molecule is O=C(c1ccccc1)C1CC(O)(c2ccccc2)C(C(=O)c2ccccc2)C(C(=O)c2ccccc2)C1C(=O)c1ccc(Br)cc1. The fourth-order valence-electron chi connectivity index (χ4n) is 6.86. The predicted octanol–water partition coefficient (Wildman–Crippen LogP) is 8.04. The zero-order valence-electron chi connectivity index (χ0n) is 24.8. The van der Waals surface area contributed by atoms with Gasteiger partial charge in [0.25, 0.3) is 0 Å². The van der Waals surface area contributed by atoms with Gasteiger partial charge in [0.05, 0.1) is 5.92 Å². The zero-order chi connectivity index (χ0) is 32.3. The zero-order valence-corrected chi connectivity index (χ0v) is 26.4. The Morgan fingerprint density at radius 3 is 1.39 bits per heavy atom. The molecular formula is C40H31BrO5. The molecule has 1 saturated carbocycles. The molecule has 5 nitrogen and oxygen atoms in total. The number of rotatable bonds is 9. The number of halogens is 1. The van der Waals surface area contributed by atoms with Crippen LogP contribution >= 0.6 is 15.9 Å². The minimum atomic E-state index is -1.96. The molecule has 5 aromatic carbocycles. The minimum absolute atomic E-state index is 0.237. The number of aliphatic hydroxyl groups is 1. The van der Waals surface area contributed by atoms with Gasteiger partial charge in [-0.15, -0.1) is 0 Å². The van der Waals surface area contributed by atoms with Crippen LogP contribution in [0.5, 0.6) is 0 Å². The molecule has 0 bridgehead atoms. The van der Waals surface area contributed by atoms with Crippen molar-refractivity contribution in [1.29, 1.82) is 0 Å². The lowest BCUT2D eigenvalue weighted by molar-refractivity contribution is -0.0846. The van der Waals surface area contributed by atoms with Gasteiger partial charge in [-0.2, -0.15) is 0 Å². The van der Waals surface area contributed by atoms with E-state index in [9.17, 15) is 24.3 Å². The van der Waals surface area contributed by atoms with E-state index in [1.54, 1.807) is 146 Å². The summed E-state index contributed by atoms with van der Waals surface area (Å²) in [4.78, 5) is 58.8. The van der Waals surface area contributed by atoms with Crippen molar-refractivity contribution >= 4 is 39.1 Å². The van der Waals surface area contributed by atoms with Gasteiger partial charge in [0.1, 0.15) is 5.60 Å². The number of carbonyl (C=O) groups is 4. The van der Waals surface area contributed by atoms with E-state index in [-0.39, 0.29) is 17.8 Å². The summed E-state index contributed by atoms with van der Waals surface area (Å²) in [5.41, 5.74) is -0.313. The van der Waals surface area contributed by atoms with Crippen LogP contribution < -0.4 is 0 Å². The molecule has 0 spiro atoms. The second kappa shape index (κ2) is 13.3. The van der Waals surface area contributed by atoms with Crippen LogP contribution in [0.1, 0.15) is 53.4 Å². The number of hydrogen-bond donors (Lipinski definition) is 1. The number of Topliss-reactive ketones (excluding diaryl/α,β-unsaturated/α-hetero) is 4. The normalized spacial score (nSPS) is 22.5. The Bertz CT molecular complexity index is 1860. The van der Waals surface area contributed by atoms with Crippen molar-refractivity contribution in [2.24, 2.45) is 23.7 Å². The molecule has 1 fully saturated rings. The summed E-state index contributed by atoms with van der Waals surface area (Å²) in [6.45, 7) is 0. The highest BCUT2D eigenvalue weighted by atomic mass is 79.9. The average molecular weight is 672 g/mol. The molecule has 0 saturated heterocycles. The third-order valence-corrected chi connectivity index (χ3v) is 9.56. The molecule has 1 N–H and O–H groups in total. The van der Waals surface area contributed by atoms with E-state index in [1.165, 1.54) is 0 Å². The first-order valence-corrected chi connectivity index (χ1v) is 15.9. The third-order valence-electron chi connectivity index (χ3n) is 9.03. The van der Waals surface area contributed by atoms with Gasteiger partial charge in [0, 0.05) is 44.5 Å². The highest BCUT2D eigenvalue weighted by Gasteiger charge is 2.61. The third kappa shape index (κ3) is 5.94. The van der Waals surface area contributed by atoms with Crippen LogP contribution in [-0.2, 0) is 5.60 Å². The molecule has 0 aromatic heterocycles. The topological polar surface area (TPSA) is 88.5 Å². The summed E-state index contributed by atoms with van der Waals surface area (Å²) < 4.78 is 0.761. The Hall–Kier alpha value is -4.78. The van der Waals surface area contributed by atoms with Crippen molar-refractivity contribution in [2.75, 3.05) is 0 Å². The van der Waals surface area contributed by atoms with Crippen LogP contribution in [0.3, 0.4) is 0 Å². The minimum Gasteiger partial charge on any atom is -0.384 e. The van der Waals surface area contributed by atoms with Gasteiger partial charge in [-0.05, 0) is 24.1 Å². The van der Waals surface area contributed by atoms with Crippen molar-refractivity contribution in [3.8, 4) is 0 Å². The summed E-state index contributed by atoms with van der Waals surface area (Å²) in [5, 5.41) is 12.9. The lowest BCUT2D eigenvalue weighted by atomic mass is 9.52. The van der Waals surface area contributed by atoms with Crippen molar-refractivity contribution in [2.45, 2.75) is 12.0 Å². The standard InChI is InChI=1S/C40H31BrO5/c41-31-23-21-29(22-24-31)37(43)33-32(36(42)26-13-5-1-6-14-26)25-40(46,30-19-11-4-12-20-30)35(39(45)28-17-9-3-10-18-28)34(33)38(44)27-15-7-2-8-16-27/h1-24,32-35,46H,25H2. The number of carbonyl (C=O) groups excluding carboxylic acids is 4. The molecule has 1 aliphatic rings. The second-order valence-electron chi connectivity index (χ2n) is 11.7. The maximum absolute atomic E-state index is 14.8. The van der Waals surface area contributed by atoms with Crippen molar-refractivity contribution in [3.63, 3.8) is 0 Å². The lowest BCUT2D eigenvalue weighted by Crippen LogP contribution is -2.58. The summed E-state index contributed by atoms with van der Waals surface area (Å²) in [6, 6.07) is 41.0. The fraction of sp³-hybridized carbons (Fsp3) is 0.150. The van der Waals surface area contributed by atoms with Crippen molar-refractivity contribution < 1.29 is 24.3 Å². The van der Waals surface area contributed by atoms with Crippen LogP contribution in [0.25, 0.3) is 0 Å². The largest absolute Gasteiger partial charge is 0.384 e. The van der Waals surface area contributed by atoms with Crippen LogP contribution in [0, 0.1) is 23.7 Å². The van der Waals surface area contributed by atoms with Crippen LogP contribution in [0.4, 0.5) is 0 Å². The highest BCUT2D eigenvalue weighted by molar-refractivity contribution is 9.10. The van der Waals surface area contributed by atoms with E-state index < -0.39 is 46.6 Å². The first-order chi connectivity index (χ1) is 22.3. The molecule has 5 atom stereocenters. The Labute approximate surface area is 276 Å². The first-order valence-electron chi connectivity index (χ1n) is 15.1. The fourth-order valence-corrected chi connectivity index (χ4v) is 7.13. The van der Waals surface area contributed by atoms with E-state index in [2.05, 4.69) is 15.9 Å². The Morgan fingerprint density at radius 2 is 0.891 bits per heavy atom. The quantitative estimate of drug-likeness (QED) is 0.160. The molecule has 6 rings (SSSR count). The molecular weight excluding hydrogens is 640 g/mol. The molecule has 0 heterocycles. The molecule has 6 heteroatoms. The van der Waals surface area contributed by atoms with Gasteiger partial charge in [0.2, 0.25) is 0 Å². The van der Waals surface area contributed by atoms with E-state index in [4.69, 9.17) is 0 Å². The summed E-state index contributed by atoms with van der Waals surface area (Å²) in [7, 11) is 0. The van der Waals surface area contributed by atoms with Crippen LogP contribution in [0.2, 0.25) is 0 Å². The number of benzene rings is 5. The van der Waals surface area contributed by atoms with Crippen LogP contribution in [-0.4, -0.2) is 28.2 Å². The number of hydrogen-bond acceptors (Lipinski definition) is 5. The molecule has 0 amide bonds. The van der Waals surface area contributed by atoms with Gasteiger partial charge in [0.15, 0.2) is 23.1 Å². The molecule has 5 aromatic rings. The molecule has 228 valence electrons. The predicted molar refractivity (Wildman–Crippen MR) is 180 cm³/mol. The lowest BCUT2D eigenvalue weighted by Gasteiger charge is -2.50. The van der Waals surface area contributed by atoms with Gasteiger partial charge in [-0.1, -0.05) is 149 Å². The summed E-state index contributed by atoms with van der Waals surface area (Å²) in [5.74, 6) is -6.88. The van der Waals surface area contributed by atoms with E-state index in [0.29, 0.717) is 22.3 Å². The highest BCUT2D eigenvalue weighted by Crippen LogP contribution is 2.53. The average Bonchev–Trinajstić information content (AvgIpc) is 3.11. The molecule has 46 heavy (non-hydrogen) atoms. The Morgan fingerprint density at radius 1 is 0.500 bits per heavy atom. The van der Waals surface area contributed by atoms with E-state index in [1.807, 2.05) is 0 Å². The van der Waals surface area contributed by atoms with Crippen molar-refractivity contribution in [1.82, 2.24) is 0 Å². The van der Waals surface area contributed by atoms with Crippen LogP contribution in [0.15, 0.2) is 150 Å². The first kappa shape index (κ1) is 31.2. The van der Waals surface area contributed by atoms with Gasteiger partial charge in [-0.3, -0.25) is 19.2 Å². The summed E-state index contributed by atoms with van der Waals surface area (Å²) in [6.07, 6.45) is -0.237. The number of ketones is 4. The molecule has 1 aliphatic carbocycles. The Kier molecular flexibility index (Phi) is 9.02. The monoisotopic (exact) mass is 670 g/mol. The molecule has 5 unspecified atom stereocenters. The smallest absolute Gasteiger partial charge is 0.169 e. The second-order valence-corrected chi connectivity index (χ2v) is 12.6. The van der Waals surface area contributed by atoms with E-state index in [0.717, 1.165) is 4.47 Å². The molecule has 0 radical (unpaired) electrons. The Balaban J connectivity index is 1.64. The summed E-state index contributed by atoms with van der Waals surface area (Å²) >= 11 is 3.42. The van der Waals surface area contributed by atoms with Crippen molar-refractivity contribution in [3.05, 3.63) is 178 Å². The van der Waals surface area contributed by atoms with Gasteiger partial charge < -0.3 is 5.11 Å². The van der Waals surface area contributed by atoms with Gasteiger partial charge in [-0.25, -0.2) is 0 Å². The van der Waals surface area contributed by atoms with Gasteiger partial charge >= 0.3 is 0 Å². The molecule has 0 aliphatic heterocycles.